The largest absolute Gasteiger partial charge is 0.495 e. The molecule has 0 radical (unpaired) electrons. The molecule has 0 saturated carbocycles. The van der Waals surface area contributed by atoms with Crippen molar-refractivity contribution in [2.45, 2.75) is 24.3 Å². The van der Waals surface area contributed by atoms with Crippen molar-refractivity contribution in [3.8, 4) is 22.8 Å². The van der Waals surface area contributed by atoms with Crippen LogP contribution in [0.3, 0.4) is 0 Å². The highest BCUT2D eigenvalue weighted by atomic mass is 35.5. The lowest BCUT2D eigenvalue weighted by Crippen LogP contribution is -2.10. The van der Waals surface area contributed by atoms with E-state index in [2.05, 4.69) is 10.2 Å². The molecule has 140 valence electrons. The minimum Gasteiger partial charge on any atom is -0.495 e. The Morgan fingerprint density at radius 3 is 2.56 bits per heavy atom. The van der Waals surface area contributed by atoms with Gasteiger partial charge in [-0.05, 0) is 44.2 Å². The van der Waals surface area contributed by atoms with Gasteiger partial charge in [0.25, 0.3) is 0 Å². The second-order valence-corrected chi connectivity index (χ2v) is 8.02. The molecule has 8 heteroatoms. The second kappa shape index (κ2) is 8.33. The molecule has 0 N–H and O–H groups in total. The number of nitrogens with zero attached hydrogens (tertiary/aromatic N) is 3. The summed E-state index contributed by atoms with van der Waals surface area (Å²) in [6, 6.07) is 12.6. The monoisotopic (exact) mass is 421 g/mol. The Balaban J connectivity index is 2.23. The molecule has 1 heterocycles. The summed E-state index contributed by atoms with van der Waals surface area (Å²) in [5.74, 6) is 1.24. The molecule has 0 fully saturated rings. The number of halogens is 2. The van der Waals surface area contributed by atoms with Gasteiger partial charge in [-0.25, -0.2) is 0 Å². The number of benzene rings is 2. The van der Waals surface area contributed by atoms with Crippen LogP contribution < -0.4 is 4.74 Å². The van der Waals surface area contributed by atoms with Gasteiger partial charge in [0.1, 0.15) is 11.5 Å². The van der Waals surface area contributed by atoms with Crippen molar-refractivity contribution in [2.24, 2.45) is 0 Å². The molecule has 0 aliphatic rings. The molecule has 27 heavy (non-hydrogen) atoms. The van der Waals surface area contributed by atoms with E-state index in [0.717, 1.165) is 5.56 Å². The van der Waals surface area contributed by atoms with E-state index in [-0.39, 0.29) is 11.0 Å². The third kappa shape index (κ3) is 4.29. The SMILES string of the molecule is COc1ccc(Cl)cc1-n1c(SC(C)C(C)=O)nnc1-c1cccc(Cl)c1. The summed E-state index contributed by atoms with van der Waals surface area (Å²) in [6.07, 6.45) is 0. The number of hydrogen-bond acceptors (Lipinski definition) is 5. The Morgan fingerprint density at radius 2 is 1.89 bits per heavy atom. The lowest BCUT2D eigenvalue weighted by molar-refractivity contribution is -0.116. The van der Waals surface area contributed by atoms with Gasteiger partial charge in [-0.3, -0.25) is 9.36 Å². The van der Waals surface area contributed by atoms with Gasteiger partial charge in [0.2, 0.25) is 0 Å². The number of aromatic nitrogens is 3. The minimum absolute atomic E-state index is 0.0527. The quantitative estimate of drug-likeness (QED) is 0.504. The van der Waals surface area contributed by atoms with E-state index >= 15 is 0 Å². The van der Waals surface area contributed by atoms with Crippen molar-refractivity contribution in [3.63, 3.8) is 0 Å². The average Bonchev–Trinajstić information content (AvgIpc) is 3.05. The summed E-state index contributed by atoms with van der Waals surface area (Å²) < 4.78 is 7.34. The Bertz CT molecular complexity index is 991. The van der Waals surface area contributed by atoms with Gasteiger partial charge < -0.3 is 4.74 Å². The molecule has 1 unspecified atom stereocenters. The third-order valence-corrected chi connectivity index (χ3v) is 5.58. The Kier molecular flexibility index (Phi) is 6.09. The van der Waals surface area contributed by atoms with Crippen molar-refractivity contribution in [1.29, 1.82) is 0 Å². The van der Waals surface area contributed by atoms with Crippen molar-refractivity contribution in [2.75, 3.05) is 7.11 Å². The summed E-state index contributed by atoms with van der Waals surface area (Å²) in [6.45, 7) is 3.39. The van der Waals surface area contributed by atoms with Gasteiger partial charge in [0.15, 0.2) is 11.0 Å². The van der Waals surface area contributed by atoms with Crippen LogP contribution >= 0.6 is 35.0 Å². The fourth-order valence-electron chi connectivity index (χ4n) is 2.46. The molecule has 0 amide bonds. The first-order valence-electron chi connectivity index (χ1n) is 8.13. The normalized spacial score (nSPS) is 12.0. The topological polar surface area (TPSA) is 57.0 Å². The van der Waals surface area contributed by atoms with Crippen molar-refractivity contribution >= 4 is 40.7 Å². The average molecular weight is 422 g/mol. The Morgan fingerprint density at radius 1 is 1.15 bits per heavy atom. The molecule has 0 spiro atoms. The molecule has 2 aromatic carbocycles. The van der Waals surface area contributed by atoms with E-state index in [9.17, 15) is 4.79 Å². The number of rotatable bonds is 6. The molecular weight excluding hydrogens is 405 g/mol. The van der Waals surface area contributed by atoms with Crippen LogP contribution in [0.2, 0.25) is 10.0 Å². The minimum atomic E-state index is -0.273. The lowest BCUT2D eigenvalue weighted by Gasteiger charge is -2.15. The molecular formula is C19H17Cl2N3O2S. The summed E-state index contributed by atoms with van der Waals surface area (Å²) in [7, 11) is 1.58. The maximum Gasteiger partial charge on any atom is 0.196 e. The molecule has 3 rings (SSSR count). The molecule has 1 atom stereocenters. The fourth-order valence-corrected chi connectivity index (χ4v) is 3.67. The van der Waals surface area contributed by atoms with Gasteiger partial charge in [-0.1, -0.05) is 47.1 Å². The Hall–Kier alpha value is -2.02. The summed E-state index contributed by atoms with van der Waals surface area (Å²) in [5, 5.41) is 10.1. The van der Waals surface area contributed by atoms with Gasteiger partial charge >= 0.3 is 0 Å². The number of carbonyl (C=O) groups is 1. The predicted molar refractivity (Wildman–Crippen MR) is 109 cm³/mol. The van der Waals surface area contributed by atoms with E-state index in [1.54, 1.807) is 38.3 Å². The Labute approximate surface area is 171 Å². The van der Waals surface area contributed by atoms with Gasteiger partial charge in [-0.2, -0.15) is 0 Å². The van der Waals surface area contributed by atoms with Crippen LogP contribution in [-0.2, 0) is 4.79 Å². The third-order valence-electron chi connectivity index (χ3n) is 3.95. The van der Waals surface area contributed by atoms with E-state index in [0.29, 0.717) is 32.5 Å². The maximum absolute atomic E-state index is 11.8. The highest BCUT2D eigenvalue weighted by Crippen LogP contribution is 2.35. The smallest absolute Gasteiger partial charge is 0.196 e. The van der Waals surface area contributed by atoms with E-state index in [1.165, 1.54) is 11.8 Å². The number of hydrogen-bond donors (Lipinski definition) is 0. The van der Waals surface area contributed by atoms with Crippen LogP contribution in [0.4, 0.5) is 0 Å². The first kappa shape index (κ1) is 19.7. The maximum atomic E-state index is 11.8. The van der Waals surface area contributed by atoms with Gasteiger partial charge in [0.05, 0.1) is 18.0 Å². The molecule has 5 nitrogen and oxygen atoms in total. The van der Waals surface area contributed by atoms with E-state index in [4.69, 9.17) is 27.9 Å². The number of carbonyl (C=O) groups excluding carboxylic acids is 1. The van der Waals surface area contributed by atoms with Crippen LogP contribution in [0.15, 0.2) is 47.6 Å². The lowest BCUT2D eigenvalue weighted by atomic mass is 10.2. The fraction of sp³-hybridized carbons (Fsp3) is 0.211. The van der Waals surface area contributed by atoms with Gasteiger partial charge in [0, 0.05) is 15.6 Å². The first-order chi connectivity index (χ1) is 12.9. The van der Waals surface area contributed by atoms with Gasteiger partial charge in [-0.15, -0.1) is 10.2 Å². The van der Waals surface area contributed by atoms with Crippen molar-refractivity contribution in [3.05, 3.63) is 52.5 Å². The van der Waals surface area contributed by atoms with Crippen LogP contribution in [0.5, 0.6) is 5.75 Å². The zero-order chi connectivity index (χ0) is 19.6. The van der Waals surface area contributed by atoms with Crippen molar-refractivity contribution in [1.82, 2.24) is 14.8 Å². The standard InChI is InChI=1S/C19H17Cl2N3O2S/c1-11(25)12(2)27-19-23-22-18(13-5-4-6-14(20)9-13)24(19)16-10-15(21)7-8-17(16)26-3/h4-10,12H,1-3H3. The van der Waals surface area contributed by atoms with E-state index < -0.39 is 0 Å². The summed E-state index contributed by atoms with van der Waals surface area (Å²) >= 11 is 13.7. The number of Topliss-reactive ketones (excluding diaryl/α,β-unsaturated/α-hetero) is 1. The number of thioether (sulfide) groups is 1. The molecule has 0 aliphatic carbocycles. The number of ketones is 1. The molecule has 1 aromatic heterocycles. The van der Waals surface area contributed by atoms with Crippen LogP contribution in [0.1, 0.15) is 13.8 Å². The zero-order valence-electron chi connectivity index (χ0n) is 14.9. The second-order valence-electron chi connectivity index (χ2n) is 5.84. The molecule has 0 saturated heterocycles. The molecule has 0 bridgehead atoms. The van der Waals surface area contributed by atoms with Crippen LogP contribution in [-0.4, -0.2) is 32.9 Å². The molecule has 0 aliphatic heterocycles. The zero-order valence-corrected chi connectivity index (χ0v) is 17.3. The number of ether oxygens (including phenoxy) is 1. The highest BCUT2D eigenvalue weighted by Gasteiger charge is 2.22. The van der Waals surface area contributed by atoms with Crippen LogP contribution in [0.25, 0.3) is 17.1 Å². The number of methoxy groups -OCH3 is 1. The first-order valence-corrected chi connectivity index (χ1v) is 9.76. The van der Waals surface area contributed by atoms with Crippen LogP contribution in [0, 0.1) is 0 Å². The van der Waals surface area contributed by atoms with Crippen molar-refractivity contribution < 1.29 is 9.53 Å². The highest BCUT2D eigenvalue weighted by molar-refractivity contribution is 8.00. The molecule has 3 aromatic rings. The summed E-state index contributed by atoms with van der Waals surface area (Å²) in [4.78, 5) is 11.8. The predicted octanol–water partition coefficient (Wildman–Crippen LogP) is 5.32. The summed E-state index contributed by atoms with van der Waals surface area (Å²) in [5.41, 5.74) is 1.47. The van der Waals surface area contributed by atoms with E-state index in [1.807, 2.05) is 29.7 Å².